The predicted molar refractivity (Wildman–Crippen MR) is 101 cm³/mol. The van der Waals surface area contributed by atoms with Crippen molar-refractivity contribution < 1.29 is 0 Å². The van der Waals surface area contributed by atoms with Gasteiger partial charge in [-0.1, -0.05) is 55.2 Å². The number of nitrogens with one attached hydrogen (secondary N) is 1. The molecule has 3 rings (SSSR count). The van der Waals surface area contributed by atoms with E-state index >= 15 is 0 Å². The van der Waals surface area contributed by atoms with Crippen LogP contribution in [0.25, 0.3) is 10.9 Å². The van der Waals surface area contributed by atoms with Crippen LogP contribution in [0.2, 0.25) is 10.0 Å². The number of rotatable bonds is 4. The van der Waals surface area contributed by atoms with Crippen molar-refractivity contribution in [2.24, 2.45) is 5.92 Å². The van der Waals surface area contributed by atoms with Crippen molar-refractivity contribution >= 4 is 45.7 Å². The van der Waals surface area contributed by atoms with Gasteiger partial charge in [-0.15, -0.1) is 0 Å². The lowest BCUT2D eigenvalue weighted by Gasteiger charge is -2.17. The number of hydrogen-bond donors (Lipinski definition) is 1. The van der Waals surface area contributed by atoms with Gasteiger partial charge in [0.2, 0.25) is 5.95 Å². The molecule has 4 nitrogen and oxygen atoms in total. The maximum Gasteiger partial charge on any atom is 0.262 e. The fourth-order valence-corrected chi connectivity index (χ4v) is 2.87. The number of nitrogens with zero attached hydrogens (tertiary/aromatic N) is 2. The van der Waals surface area contributed by atoms with E-state index in [0.29, 0.717) is 45.0 Å². The highest BCUT2D eigenvalue weighted by Crippen LogP contribution is 2.31. The van der Waals surface area contributed by atoms with E-state index in [4.69, 9.17) is 23.2 Å². The van der Waals surface area contributed by atoms with Crippen molar-refractivity contribution in [3.05, 3.63) is 62.9 Å². The quantitative estimate of drug-likeness (QED) is 0.702. The molecule has 124 valence electrons. The van der Waals surface area contributed by atoms with Gasteiger partial charge in [0.25, 0.3) is 5.56 Å². The maximum absolute atomic E-state index is 12.9. The van der Waals surface area contributed by atoms with Crippen molar-refractivity contribution in [2.45, 2.75) is 20.4 Å². The van der Waals surface area contributed by atoms with Crippen LogP contribution in [0.15, 0.2) is 47.3 Å². The number of benzene rings is 2. The normalized spacial score (nSPS) is 11.2. The van der Waals surface area contributed by atoms with Crippen LogP contribution in [0, 0.1) is 5.92 Å². The Hall–Kier alpha value is -2.04. The number of fused-ring (bicyclic) bond motifs is 1. The predicted octanol–water partition coefficient (Wildman–Crippen LogP) is 5.10. The summed E-state index contributed by atoms with van der Waals surface area (Å²) in [5.74, 6) is 0.748. The number of aromatic nitrogens is 2. The Balaban J connectivity index is 2.18. The summed E-state index contributed by atoms with van der Waals surface area (Å²) in [5.41, 5.74) is 1.18. The van der Waals surface area contributed by atoms with Crippen LogP contribution in [0.5, 0.6) is 0 Å². The number of halogens is 2. The Bertz CT molecular complexity index is 951. The highest BCUT2D eigenvalue weighted by Gasteiger charge is 2.14. The van der Waals surface area contributed by atoms with E-state index in [1.165, 1.54) is 0 Å². The lowest BCUT2D eigenvalue weighted by atomic mass is 10.2. The summed E-state index contributed by atoms with van der Waals surface area (Å²) in [6.07, 6.45) is 0. The molecule has 0 radical (unpaired) electrons. The van der Waals surface area contributed by atoms with E-state index < -0.39 is 0 Å². The molecular weight excluding hydrogens is 345 g/mol. The fourth-order valence-electron chi connectivity index (χ4n) is 2.52. The van der Waals surface area contributed by atoms with Crippen LogP contribution < -0.4 is 10.9 Å². The SMILES string of the molecule is CC(C)Cn1c(Nc2cccc(Cl)c2Cl)nc2ccccc2c1=O. The molecular formula is C18H17Cl2N3O. The third-order valence-electron chi connectivity index (χ3n) is 3.61. The smallest absolute Gasteiger partial charge is 0.262 e. The van der Waals surface area contributed by atoms with E-state index in [-0.39, 0.29) is 5.56 Å². The zero-order chi connectivity index (χ0) is 17.3. The topological polar surface area (TPSA) is 46.9 Å². The summed E-state index contributed by atoms with van der Waals surface area (Å²) in [5, 5.41) is 4.60. The second-order valence-electron chi connectivity index (χ2n) is 5.99. The molecule has 3 aromatic rings. The van der Waals surface area contributed by atoms with E-state index in [1.807, 2.05) is 18.2 Å². The first-order chi connectivity index (χ1) is 11.5. The van der Waals surface area contributed by atoms with Gasteiger partial charge < -0.3 is 5.32 Å². The summed E-state index contributed by atoms with van der Waals surface area (Å²) in [7, 11) is 0. The van der Waals surface area contributed by atoms with Gasteiger partial charge in [-0.3, -0.25) is 9.36 Å². The molecule has 24 heavy (non-hydrogen) atoms. The minimum atomic E-state index is -0.0741. The highest BCUT2D eigenvalue weighted by atomic mass is 35.5. The molecule has 0 spiro atoms. The van der Waals surface area contributed by atoms with E-state index in [2.05, 4.69) is 24.1 Å². The van der Waals surface area contributed by atoms with Crippen molar-refractivity contribution in [1.29, 1.82) is 0 Å². The van der Waals surface area contributed by atoms with Gasteiger partial charge >= 0.3 is 0 Å². The molecule has 1 N–H and O–H groups in total. The van der Waals surface area contributed by atoms with Crippen molar-refractivity contribution in [1.82, 2.24) is 9.55 Å². The molecule has 0 unspecified atom stereocenters. The van der Waals surface area contributed by atoms with Gasteiger partial charge in [0, 0.05) is 6.54 Å². The van der Waals surface area contributed by atoms with Gasteiger partial charge in [0.1, 0.15) is 0 Å². The van der Waals surface area contributed by atoms with Gasteiger partial charge in [-0.05, 0) is 30.2 Å². The van der Waals surface area contributed by atoms with Crippen molar-refractivity contribution in [2.75, 3.05) is 5.32 Å². The molecule has 2 aromatic carbocycles. The molecule has 0 saturated heterocycles. The first-order valence-corrected chi connectivity index (χ1v) is 8.43. The zero-order valence-corrected chi connectivity index (χ0v) is 14.9. The second-order valence-corrected chi connectivity index (χ2v) is 6.77. The average molecular weight is 362 g/mol. The van der Waals surface area contributed by atoms with Crippen molar-refractivity contribution in [3.63, 3.8) is 0 Å². The molecule has 1 aromatic heterocycles. The monoisotopic (exact) mass is 361 g/mol. The summed E-state index contributed by atoms with van der Waals surface area (Å²) in [6, 6.07) is 12.6. The lowest BCUT2D eigenvalue weighted by molar-refractivity contribution is 0.514. The largest absolute Gasteiger partial charge is 0.324 e. The summed E-state index contributed by atoms with van der Waals surface area (Å²) < 4.78 is 1.64. The van der Waals surface area contributed by atoms with E-state index in [9.17, 15) is 4.79 Å². The molecule has 0 atom stereocenters. The summed E-state index contributed by atoms with van der Waals surface area (Å²) in [6.45, 7) is 4.66. The van der Waals surface area contributed by atoms with Crippen LogP contribution in [0.1, 0.15) is 13.8 Å². The van der Waals surface area contributed by atoms with Crippen LogP contribution in [-0.4, -0.2) is 9.55 Å². The molecule has 0 aliphatic heterocycles. The third kappa shape index (κ3) is 3.25. The van der Waals surface area contributed by atoms with E-state index in [1.54, 1.807) is 28.8 Å². The average Bonchev–Trinajstić information content (AvgIpc) is 2.55. The molecule has 0 amide bonds. The lowest BCUT2D eigenvalue weighted by Crippen LogP contribution is -2.26. The maximum atomic E-state index is 12.9. The molecule has 0 aliphatic carbocycles. The van der Waals surface area contributed by atoms with Crippen LogP contribution in [0.3, 0.4) is 0 Å². The molecule has 0 fully saturated rings. The molecule has 6 heteroatoms. The minimum absolute atomic E-state index is 0.0741. The fraction of sp³-hybridized carbons (Fsp3) is 0.222. The van der Waals surface area contributed by atoms with Gasteiger partial charge in [0.05, 0.1) is 26.6 Å². The molecule has 0 bridgehead atoms. The van der Waals surface area contributed by atoms with Crippen LogP contribution >= 0.6 is 23.2 Å². The first kappa shape index (κ1) is 16.8. The van der Waals surface area contributed by atoms with E-state index in [0.717, 1.165) is 0 Å². The summed E-state index contributed by atoms with van der Waals surface area (Å²) in [4.78, 5) is 17.5. The Labute approximate surface area is 150 Å². The molecule has 0 aliphatic rings. The van der Waals surface area contributed by atoms with Crippen LogP contribution in [0.4, 0.5) is 11.6 Å². The van der Waals surface area contributed by atoms with Gasteiger partial charge in [-0.2, -0.15) is 0 Å². The second kappa shape index (κ2) is 6.83. The number of para-hydroxylation sites is 1. The minimum Gasteiger partial charge on any atom is -0.324 e. The highest BCUT2D eigenvalue weighted by molar-refractivity contribution is 6.43. The first-order valence-electron chi connectivity index (χ1n) is 7.68. The number of hydrogen-bond acceptors (Lipinski definition) is 3. The Morgan fingerprint density at radius 1 is 1.12 bits per heavy atom. The zero-order valence-electron chi connectivity index (χ0n) is 13.4. The standard InChI is InChI=1S/C18H17Cl2N3O/c1-11(2)10-23-17(24)12-6-3-4-8-14(12)21-18(23)22-15-9-5-7-13(19)16(15)20/h3-9,11H,10H2,1-2H3,(H,21,22). The Kier molecular flexibility index (Phi) is 4.78. The van der Waals surface area contributed by atoms with Crippen molar-refractivity contribution in [3.8, 4) is 0 Å². The van der Waals surface area contributed by atoms with Gasteiger partial charge in [-0.25, -0.2) is 4.98 Å². The van der Waals surface area contributed by atoms with Crippen LogP contribution in [-0.2, 0) is 6.54 Å². The Morgan fingerprint density at radius 2 is 1.88 bits per heavy atom. The number of anilines is 2. The molecule has 1 heterocycles. The Morgan fingerprint density at radius 3 is 2.62 bits per heavy atom. The van der Waals surface area contributed by atoms with Gasteiger partial charge in [0.15, 0.2) is 0 Å². The molecule has 0 saturated carbocycles. The summed E-state index contributed by atoms with van der Waals surface area (Å²) >= 11 is 12.3. The third-order valence-corrected chi connectivity index (χ3v) is 4.43.